The van der Waals surface area contributed by atoms with Crippen molar-refractivity contribution in [1.29, 1.82) is 0 Å². The molecule has 5 heteroatoms. The molecule has 2 heterocycles. The molecule has 0 radical (unpaired) electrons. The van der Waals surface area contributed by atoms with E-state index in [0.717, 1.165) is 17.5 Å². The van der Waals surface area contributed by atoms with Gasteiger partial charge in [0.2, 0.25) is 0 Å². The van der Waals surface area contributed by atoms with Gasteiger partial charge < -0.3 is 10.1 Å². The van der Waals surface area contributed by atoms with Gasteiger partial charge in [-0.3, -0.25) is 4.79 Å². The zero-order chi connectivity index (χ0) is 13.9. The normalized spacial score (nSPS) is 17.4. The number of carbonyl (C=O) groups excluding carboxylic acids is 1. The number of hydrogen-bond donors (Lipinski definition) is 1. The number of carbonyl (C=O) groups is 1. The van der Waals surface area contributed by atoms with Crippen LogP contribution in [0.5, 0.6) is 0 Å². The molecule has 0 aliphatic carbocycles. The smallest absolute Gasteiger partial charge is 0.258 e. The minimum atomic E-state index is -0.577. The van der Waals surface area contributed by atoms with Crippen LogP contribution in [-0.4, -0.2) is 17.5 Å². The van der Waals surface area contributed by atoms with Crippen molar-refractivity contribution in [3.05, 3.63) is 58.9 Å². The highest BCUT2D eigenvalue weighted by Crippen LogP contribution is 2.28. The maximum atomic E-state index is 12.3. The number of fused-ring (bicyclic) bond motifs is 1. The van der Waals surface area contributed by atoms with Crippen molar-refractivity contribution in [3.8, 4) is 0 Å². The van der Waals surface area contributed by atoms with Gasteiger partial charge in [0, 0.05) is 11.9 Å². The topological polar surface area (TPSA) is 51.2 Å². The Balaban J connectivity index is 1.82. The average Bonchev–Trinajstić information content (AvgIpc) is 2.46. The quantitative estimate of drug-likeness (QED) is 0.864. The summed E-state index contributed by atoms with van der Waals surface area (Å²) in [4.78, 5) is 16.2. The molecule has 1 aliphatic heterocycles. The van der Waals surface area contributed by atoms with Crippen LogP contribution in [-0.2, 0) is 16.0 Å². The summed E-state index contributed by atoms with van der Waals surface area (Å²) in [5.41, 5.74) is 2.70. The molecule has 3 rings (SSSR count). The number of pyridine rings is 1. The average molecular weight is 289 g/mol. The van der Waals surface area contributed by atoms with Gasteiger partial charge in [-0.1, -0.05) is 35.9 Å². The van der Waals surface area contributed by atoms with Gasteiger partial charge in [-0.25, -0.2) is 4.98 Å². The summed E-state index contributed by atoms with van der Waals surface area (Å²) in [6, 6.07) is 11.1. The van der Waals surface area contributed by atoms with Crippen molar-refractivity contribution in [2.75, 3.05) is 11.9 Å². The first-order chi connectivity index (χ1) is 9.74. The highest BCUT2D eigenvalue weighted by atomic mass is 35.5. The van der Waals surface area contributed by atoms with Crippen molar-refractivity contribution in [1.82, 2.24) is 4.98 Å². The third-order valence-electron chi connectivity index (χ3n) is 3.23. The van der Waals surface area contributed by atoms with E-state index < -0.39 is 6.10 Å². The van der Waals surface area contributed by atoms with E-state index in [1.165, 1.54) is 0 Å². The number of nitrogens with one attached hydrogen (secondary N) is 1. The molecule has 2 aromatic rings. The molecule has 1 unspecified atom stereocenters. The molecule has 0 fully saturated rings. The molecule has 1 amide bonds. The van der Waals surface area contributed by atoms with Crippen LogP contribution in [0.1, 0.15) is 17.2 Å². The van der Waals surface area contributed by atoms with E-state index in [1.807, 2.05) is 24.3 Å². The van der Waals surface area contributed by atoms with E-state index in [-0.39, 0.29) is 5.91 Å². The molecule has 0 spiro atoms. The molecule has 1 N–H and O–H groups in total. The van der Waals surface area contributed by atoms with E-state index in [2.05, 4.69) is 10.3 Å². The van der Waals surface area contributed by atoms with Gasteiger partial charge in [-0.15, -0.1) is 0 Å². The van der Waals surface area contributed by atoms with Crippen LogP contribution >= 0.6 is 11.6 Å². The van der Waals surface area contributed by atoms with Gasteiger partial charge in [0.15, 0.2) is 6.10 Å². The third-order valence-corrected chi connectivity index (χ3v) is 3.43. The Morgan fingerprint density at radius 3 is 3.05 bits per heavy atom. The maximum absolute atomic E-state index is 12.3. The number of hydrogen-bond acceptors (Lipinski definition) is 3. The van der Waals surface area contributed by atoms with Crippen molar-refractivity contribution < 1.29 is 9.53 Å². The van der Waals surface area contributed by atoms with Crippen molar-refractivity contribution in [2.45, 2.75) is 12.5 Å². The van der Waals surface area contributed by atoms with Crippen molar-refractivity contribution >= 4 is 23.2 Å². The minimum absolute atomic E-state index is 0.195. The van der Waals surface area contributed by atoms with Crippen LogP contribution in [0.3, 0.4) is 0 Å². The molecule has 0 saturated heterocycles. The lowest BCUT2D eigenvalue weighted by Crippen LogP contribution is -2.28. The van der Waals surface area contributed by atoms with Gasteiger partial charge in [-0.2, -0.15) is 0 Å². The summed E-state index contributed by atoms with van der Waals surface area (Å²) in [5.74, 6) is -0.195. The fourth-order valence-electron chi connectivity index (χ4n) is 2.30. The van der Waals surface area contributed by atoms with Crippen LogP contribution < -0.4 is 5.32 Å². The zero-order valence-electron chi connectivity index (χ0n) is 10.7. The maximum Gasteiger partial charge on any atom is 0.258 e. The van der Waals surface area contributed by atoms with Crippen LogP contribution in [0.2, 0.25) is 5.15 Å². The molecule has 4 nitrogen and oxygen atoms in total. The highest BCUT2D eigenvalue weighted by Gasteiger charge is 2.27. The zero-order valence-corrected chi connectivity index (χ0v) is 11.4. The van der Waals surface area contributed by atoms with Gasteiger partial charge in [0.05, 0.1) is 6.61 Å². The number of aromatic nitrogens is 1. The number of halogens is 1. The van der Waals surface area contributed by atoms with Crippen LogP contribution in [0.15, 0.2) is 42.6 Å². The Morgan fingerprint density at radius 2 is 2.20 bits per heavy atom. The number of benzene rings is 1. The first-order valence-corrected chi connectivity index (χ1v) is 6.73. The second-order valence-corrected chi connectivity index (χ2v) is 4.94. The predicted molar refractivity (Wildman–Crippen MR) is 76.7 cm³/mol. The number of amides is 1. The van der Waals surface area contributed by atoms with Gasteiger partial charge in [0.1, 0.15) is 5.15 Å². The lowest BCUT2D eigenvalue weighted by Gasteiger charge is -2.25. The Kier molecular flexibility index (Phi) is 3.67. The summed E-state index contributed by atoms with van der Waals surface area (Å²) in [7, 11) is 0. The SMILES string of the molecule is O=C(Nc1ccnc(Cl)c1)C1OCCc2ccccc21. The van der Waals surface area contributed by atoms with E-state index in [4.69, 9.17) is 16.3 Å². The van der Waals surface area contributed by atoms with Crippen LogP contribution in [0.25, 0.3) is 0 Å². The monoisotopic (exact) mass is 288 g/mol. The highest BCUT2D eigenvalue weighted by molar-refractivity contribution is 6.29. The Bertz CT molecular complexity index is 645. The Hall–Kier alpha value is -1.91. The van der Waals surface area contributed by atoms with Crippen molar-refractivity contribution in [3.63, 3.8) is 0 Å². The van der Waals surface area contributed by atoms with Gasteiger partial charge >= 0.3 is 0 Å². The number of ether oxygens (including phenoxy) is 1. The fraction of sp³-hybridized carbons (Fsp3) is 0.200. The molecule has 0 saturated carbocycles. The molecule has 1 aromatic carbocycles. The van der Waals surface area contributed by atoms with E-state index in [9.17, 15) is 4.79 Å². The van der Waals surface area contributed by atoms with E-state index in [1.54, 1.807) is 18.3 Å². The summed E-state index contributed by atoms with van der Waals surface area (Å²) < 4.78 is 5.61. The summed E-state index contributed by atoms with van der Waals surface area (Å²) in [5, 5.41) is 3.15. The third kappa shape index (κ3) is 2.66. The molecule has 1 atom stereocenters. The predicted octanol–water partition coefficient (Wildman–Crippen LogP) is 2.99. The molecule has 1 aromatic heterocycles. The summed E-state index contributed by atoms with van der Waals surface area (Å²) in [6.07, 6.45) is 1.81. The molecular weight excluding hydrogens is 276 g/mol. The molecular formula is C15H13ClN2O2. The van der Waals surface area contributed by atoms with Crippen molar-refractivity contribution in [2.24, 2.45) is 0 Å². The molecule has 20 heavy (non-hydrogen) atoms. The standard InChI is InChI=1S/C15H13ClN2O2/c16-13-9-11(5-7-17-13)18-15(19)14-12-4-2-1-3-10(12)6-8-20-14/h1-5,7,9,14H,6,8H2,(H,17,18,19). The second kappa shape index (κ2) is 5.61. The Labute approximate surface area is 121 Å². The Morgan fingerprint density at radius 1 is 1.35 bits per heavy atom. The number of anilines is 1. The van der Waals surface area contributed by atoms with Gasteiger partial charge in [0.25, 0.3) is 5.91 Å². The summed E-state index contributed by atoms with van der Waals surface area (Å²) >= 11 is 5.80. The van der Waals surface area contributed by atoms with E-state index in [0.29, 0.717) is 17.4 Å². The minimum Gasteiger partial charge on any atom is -0.363 e. The van der Waals surface area contributed by atoms with Gasteiger partial charge in [-0.05, 0) is 29.7 Å². The molecule has 1 aliphatic rings. The first kappa shape index (κ1) is 13.1. The number of nitrogens with zero attached hydrogens (tertiary/aromatic N) is 1. The fourth-order valence-corrected chi connectivity index (χ4v) is 2.47. The summed E-state index contributed by atoms with van der Waals surface area (Å²) in [6.45, 7) is 0.548. The second-order valence-electron chi connectivity index (χ2n) is 4.56. The van der Waals surface area contributed by atoms with Crippen LogP contribution in [0, 0.1) is 0 Å². The lowest BCUT2D eigenvalue weighted by atomic mass is 9.97. The molecule has 102 valence electrons. The largest absolute Gasteiger partial charge is 0.363 e. The lowest BCUT2D eigenvalue weighted by molar-refractivity contribution is -0.128. The number of rotatable bonds is 2. The van der Waals surface area contributed by atoms with Crippen LogP contribution in [0.4, 0.5) is 5.69 Å². The van der Waals surface area contributed by atoms with E-state index >= 15 is 0 Å². The molecule has 0 bridgehead atoms. The first-order valence-electron chi connectivity index (χ1n) is 6.36.